The van der Waals surface area contributed by atoms with Gasteiger partial charge in [0.05, 0.1) is 21.4 Å². The van der Waals surface area contributed by atoms with Crippen LogP contribution in [0.15, 0.2) is 34.1 Å². The monoisotopic (exact) mass is 338 g/mol. The molecule has 0 spiro atoms. The fourth-order valence-electron chi connectivity index (χ4n) is 1.42. The van der Waals surface area contributed by atoms with Crippen molar-refractivity contribution < 1.29 is 9.66 Å². The van der Waals surface area contributed by atoms with E-state index in [9.17, 15) is 10.1 Å². The number of nitro benzene ring substituents is 1. The highest BCUT2D eigenvalue weighted by Crippen LogP contribution is 2.30. The van der Waals surface area contributed by atoms with Crippen LogP contribution in [0.3, 0.4) is 0 Å². The third-order valence-electron chi connectivity index (χ3n) is 2.33. The Morgan fingerprint density at radius 2 is 2.26 bits per heavy atom. The number of hydrogen-bond acceptors (Lipinski definition) is 5. The molecule has 1 aromatic carbocycles. The summed E-state index contributed by atoms with van der Waals surface area (Å²) in [6.07, 6.45) is 0. The first-order chi connectivity index (χ1) is 9.11. The van der Waals surface area contributed by atoms with Crippen LogP contribution in [0.4, 0.5) is 5.69 Å². The van der Waals surface area contributed by atoms with Crippen LogP contribution in [0, 0.1) is 21.4 Å². The molecule has 7 heteroatoms. The van der Waals surface area contributed by atoms with Crippen LogP contribution in [0.2, 0.25) is 0 Å². The lowest BCUT2D eigenvalue weighted by molar-refractivity contribution is -0.386. The van der Waals surface area contributed by atoms with Crippen LogP contribution >= 0.6 is 27.3 Å². The normalized spacial score (nSPS) is 9.89. The smallest absolute Gasteiger partial charge is 0.312 e. The molecule has 0 N–H and O–H groups in total. The average molecular weight is 339 g/mol. The fraction of sp³-hybridized carbons (Fsp3) is 0.0833. The van der Waals surface area contributed by atoms with Gasteiger partial charge in [-0.1, -0.05) is 0 Å². The molecule has 0 atom stereocenters. The molecule has 0 aliphatic carbocycles. The van der Waals surface area contributed by atoms with Crippen molar-refractivity contribution in [2.24, 2.45) is 0 Å². The Morgan fingerprint density at radius 3 is 2.84 bits per heavy atom. The number of halogens is 1. The van der Waals surface area contributed by atoms with E-state index in [1.165, 1.54) is 29.5 Å². The highest BCUT2D eigenvalue weighted by atomic mass is 79.9. The van der Waals surface area contributed by atoms with E-state index in [-0.39, 0.29) is 23.6 Å². The van der Waals surface area contributed by atoms with Crippen LogP contribution in [-0.2, 0) is 6.61 Å². The summed E-state index contributed by atoms with van der Waals surface area (Å²) in [5.74, 6) is 0.157. The minimum atomic E-state index is -0.556. The molecule has 0 saturated heterocycles. The standard InChI is InChI=1S/C12H7BrN2O3S/c13-9-3-4-19-12(9)7-18-11-2-1-8(6-14)5-10(11)15(16)17/h1-5H,7H2. The van der Waals surface area contributed by atoms with E-state index in [1.807, 2.05) is 17.5 Å². The predicted molar refractivity (Wildman–Crippen MR) is 74.2 cm³/mol. The van der Waals surface area contributed by atoms with E-state index in [2.05, 4.69) is 15.9 Å². The van der Waals surface area contributed by atoms with Gasteiger partial charge >= 0.3 is 5.69 Å². The zero-order valence-corrected chi connectivity index (χ0v) is 11.9. The van der Waals surface area contributed by atoms with Gasteiger partial charge in [-0.2, -0.15) is 5.26 Å². The zero-order chi connectivity index (χ0) is 13.8. The summed E-state index contributed by atoms with van der Waals surface area (Å²) in [5.41, 5.74) is 0.0306. The maximum atomic E-state index is 10.9. The summed E-state index contributed by atoms with van der Waals surface area (Å²) in [5, 5.41) is 21.6. The van der Waals surface area contributed by atoms with Crippen molar-refractivity contribution in [2.45, 2.75) is 6.61 Å². The van der Waals surface area contributed by atoms with Gasteiger partial charge in [-0.3, -0.25) is 10.1 Å². The summed E-state index contributed by atoms with van der Waals surface area (Å²) in [6.45, 7) is 0.241. The molecular weight excluding hydrogens is 332 g/mol. The molecule has 0 amide bonds. The molecule has 1 aromatic heterocycles. The number of benzene rings is 1. The number of thiophene rings is 1. The van der Waals surface area contributed by atoms with E-state index >= 15 is 0 Å². The lowest BCUT2D eigenvalue weighted by atomic mass is 10.2. The molecule has 2 rings (SSSR count). The van der Waals surface area contributed by atoms with E-state index in [1.54, 1.807) is 0 Å². The molecule has 0 unspecified atom stereocenters. The van der Waals surface area contributed by atoms with Crippen LogP contribution in [0.5, 0.6) is 5.75 Å². The number of ether oxygens (including phenoxy) is 1. The third-order valence-corrected chi connectivity index (χ3v) is 4.23. The molecular formula is C12H7BrN2O3S. The second kappa shape index (κ2) is 5.82. The van der Waals surface area contributed by atoms with Gasteiger partial charge in [0.15, 0.2) is 5.75 Å². The fourth-order valence-corrected chi connectivity index (χ4v) is 2.80. The molecule has 0 radical (unpaired) electrons. The Kier molecular flexibility index (Phi) is 4.14. The summed E-state index contributed by atoms with van der Waals surface area (Å²) < 4.78 is 6.36. The Bertz CT molecular complexity index is 663. The first kappa shape index (κ1) is 13.5. The van der Waals surface area contributed by atoms with Gasteiger partial charge in [0.25, 0.3) is 0 Å². The quantitative estimate of drug-likeness (QED) is 0.626. The molecule has 0 aliphatic rings. The van der Waals surface area contributed by atoms with Crippen LogP contribution in [0.1, 0.15) is 10.4 Å². The molecule has 1 heterocycles. The van der Waals surface area contributed by atoms with Crippen LogP contribution in [0.25, 0.3) is 0 Å². The van der Waals surface area contributed by atoms with E-state index < -0.39 is 4.92 Å². The highest BCUT2D eigenvalue weighted by Gasteiger charge is 2.16. The van der Waals surface area contributed by atoms with Gasteiger partial charge in [0.2, 0.25) is 0 Å². The van der Waals surface area contributed by atoms with E-state index in [4.69, 9.17) is 10.00 Å². The number of nitrogens with zero attached hydrogens (tertiary/aromatic N) is 2. The second-order valence-corrected chi connectivity index (χ2v) is 5.39. The van der Waals surface area contributed by atoms with Gasteiger partial charge in [0, 0.05) is 10.5 Å². The molecule has 19 heavy (non-hydrogen) atoms. The largest absolute Gasteiger partial charge is 0.481 e. The SMILES string of the molecule is N#Cc1ccc(OCc2sccc2Br)c([N+](=O)[O-])c1. The van der Waals surface area contributed by atoms with Gasteiger partial charge < -0.3 is 4.74 Å². The number of nitro groups is 1. The Balaban J connectivity index is 2.23. The lowest BCUT2D eigenvalue weighted by Crippen LogP contribution is -1.98. The second-order valence-electron chi connectivity index (χ2n) is 3.53. The van der Waals surface area contributed by atoms with Crippen molar-refractivity contribution in [1.29, 1.82) is 5.26 Å². The first-order valence-corrected chi connectivity index (χ1v) is 6.82. The molecule has 0 aliphatic heterocycles. The lowest BCUT2D eigenvalue weighted by Gasteiger charge is -2.06. The molecule has 0 bridgehead atoms. The summed E-state index contributed by atoms with van der Waals surface area (Å²) in [4.78, 5) is 11.3. The van der Waals surface area contributed by atoms with Gasteiger partial charge in [0.1, 0.15) is 6.61 Å². The van der Waals surface area contributed by atoms with Crippen molar-refractivity contribution in [2.75, 3.05) is 0 Å². The van der Waals surface area contributed by atoms with E-state index in [0.29, 0.717) is 0 Å². The zero-order valence-electron chi connectivity index (χ0n) is 9.50. The number of nitriles is 1. The summed E-state index contributed by atoms with van der Waals surface area (Å²) >= 11 is 4.86. The van der Waals surface area contributed by atoms with Gasteiger partial charge in [-0.25, -0.2) is 0 Å². The van der Waals surface area contributed by atoms with Crippen molar-refractivity contribution in [3.8, 4) is 11.8 Å². The van der Waals surface area contributed by atoms with Gasteiger partial charge in [-0.15, -0.1) is 11.3 Å². The third kappa shape index (κ3) is 3.10. The number of hydrogen-bond donors (Lipinski definition) is 0. The minimum absolute atomic E-state index is 0.157. The predicted octanol–water partition coefficient (Wildman–Crippen LogP) is 3.87. The summed E-state index contributed by atoms with van der Waals surface area (Å²) in [6, 6.07) is 7.89. The molecule has 0 fully saturated rings. The van der Waals surface area contributed by atoms with Crippen molar-refractivity contribution >= 4 is 33.0 Å². The van der Waals surface area contributed by atoms with Crippen LogP contribution in [-0.4, -0.2) is 4.92 Å². The molecule has 2 aromatic rings. The molecule has 0 saturated carbocycles. The summed E-state index contributed by atoms with van der Waals surface area (Å²) in [7, 11) is 0. The first-order valence-electron chi connectivity index (χ1n) is 5.15. The topological polar surface area (TPSA) is 76.2 Å². The van der Waals surface area contributed by atoms with Gasteiger partial charge in [-0.05, 0) is 39.5 Å². The maximum absolute atomic E-state index is 10.9. The maximum Gasteiger partial charge on any atom is 0.312 e. The highest BCUT2D eigenvalue weighted by molar-refractivity contribution is 9.10. The Morgan fingerprint density at radius 1 is 1.47 bits per heavy atom. The van der Waals surface area contributed by atoms with Crippen molar-refractivity contribution in [1.82, 2.24) is 0 Å². The van der Waals surface area contributed by atoms with Crippen molar-refractivity contribution in [3.05, 3.63) is 54.7 Å². The Labute approximate surface area is 121 Å². The van der Waals surface area contributed by atoms with Crippen LogP contribution < -0.4 is 4.74 Å². The molecule has 96 valence electrons. The Hall–Kier alpha value is -1.91. The minimum Gasteiger partial charge on any atom is -0.481 e. The molecule has 5 nitrogen and oxygen atoms in total. The van der Waals surface area contributed by atoms with E-state index in [0.717, 1.165) is 9.35 Å². The van der Waals surface area contributed by atoms with Crippen molar-refractivity contribution in [3.63, 3.8) is 0 Å². The number of rotatable bonds is 4. The average Bonchev–Trinajstić information content (AvgIpc) is 2.81.